The highest BCUT2D eigenvalue weighted by atomic mass is 35.5. The molecule has 1 amide bonds. The molecule has 6 nitrogen and oxygen atoms in total. The standard InChI is InChI=1S/C19H14Cl2N2O4/c1-10-16(18(23-27-10)17-14(20)4-3-5-15(17)21)19(25)26-13-8-6-12(7-9-13)22-11(2)24/h3-9H,1-2H3,(H,22,24). The maximum absolute atomic E-state index is 12.7. The van der Waals surface area contributed by atoms with Gasteiger partial charge in [-0.2, -0.15) is 0 Å². The number of aromatic nitrogens is 1. The van der Waals surface area contributed by atoms with E-state index in [1.807, 2.05) is 0 Å². The first-order valence-corrected chi connectivity index (χ1v) is 8.63. The predicted molar refractivity (Wildman–Crippen MR) is 102 cm³/mol. The smallest absolute Gasteiger partial charge is 0.349 e. The Morgan fingerprint density at radius 3 is 2.30 bits per heavy atom. The molecule has 1 N–H and O–H groups in total. The number of anilines is 1. The number of esters is 1. The van der Waals surface area contributed by atoms with Crippen molar-refractivity contribution in [2.75, 3.05) is 5.32 Å². The van der Waals surface area contributed by atoms with Crippen LogP contribution in [0.15, 0.2) is 47.0 Å². The monoisotopic (exact) mass is 404 g/mol. The number of amides is 1. The first-order valence-electron chi connectivity index (χ1n) is 7.87. The SMILES string of the molecule is CC(=O)Nc1ccc(OC(=O)c2c(-c3c(Cl)cccc3Cl)noc2C)cc1. The molecule has 0 radical (unpaired) electrons. The topological polar surface area (TPSA) is 81.4 Å². The molecular formula is C19H14Cl2N2O4. The summed E-state index contributed by atoms with van der Waals surface area (Å²) in [6.45, 7) is 3.00. The van der Waals surface area contributed by atoms with Crippen LogP contribution in [0, 0.1) is 6.92 Å². The molecule has 0 atom stereocenters. The molecule has 2 aromatic carbocycles. The number of rotatable bonds is 4. The average Bonchev–Trinajstić information content (AvgIpc) is 2.97. The Kier molecular flexibility index (Phi) is 5.48. The fraction of sp³-hybridized carbons (Fsp3) is 0.105. The van der Waals surface area contributed by atoms with Crippen molar-refractivity contribution in [2.24, 2.45) is 0 Å². The van der Waals surface area contributed by atoms with Crippen molar-refractivity contribution < 1.29 is 18.8 Å². The Labute approximate surface area is 165 Å². The van der Waals surface area contributed by atoms with E-state index in [9.17, 15) is 9.59 Å². The summed E-state index contributed by atoms with van der Waals surface area (Å²) in [6, 6.07) is 11.3. The summed E-state index contributed by atoms with van der Waals surface area (Å²) in [5.41, 5.74) is 1.33. The van der Waals surface area contributed by atoms with Gasteiger partial charge in [-0.05, 0) is 43.3 Å². The Hall–Kier alpha value is -2.83. The van der Waals surface area contributed by atoms with Crippen LogP contribution in [0.2, 0.25) is 10.0 Å². The highest BCUT2D eigenvalue weighted by Crippen LogP contribution is 2.37. The van der Waals surface area contributed by atoms with Crippen LogP contribution in [0.5, 0.6) is 5.75 Å². The highest BCUT2D eigenvalue weighted by molar-refractivity contribution is 6.39. The fourth-order valence-corrected chi connectivity index (χ4v) is 3.05. The second-order valence-corrected chi connectivity index (χ2v) is 6.47. The number of benzene rings is 2. The van der Waals surface area contributed by atoms with E-state index in [0.717, 1.165) is 0 Å². The summed E-state index contributed by atoms with van der Waals surface area (Å²) in [4.78, 5) is 23.8. The van der Waals surface area contributed by atoms with Gasteiger partial charge in [0.05, 0.1) is 10.0 Å². The molecule has 0 bridgehead atoms. The molecule has 0 aliphatic heterocycles. The molecule has 1 aromatic heterocycles. The number of nitrogens with zero attached hydrogens (tertiary/aromatic N) is 1. The van der Waals surface area contributed by atoms with Crippen molar-refractivity contribution in [1.29, 1.82) is 0 Å². The van der Waals surface area contributed by atoms with Crippen molar-refractivity contribution in [3.8, 4) is 17.0 Å². The zero-order chi connectivity index (χ0) is 19.6. The number of hydrogen-bond donors (Lipinski definition) is 1. The van der Waals surface area contributed by atoms with Gasteiger partial charge in [-0.3, -0.25) is 4.79 Å². The van der Waals surface area contributed by atoms with Crippen molar-refractivity contribution in [3.05, 3.63) is 63.8 Å². The molecule has 8 heteroatoms. The highest BCUT2D eigenvalue weighted by Gasteiger charge is 2.26. The molecule has 0 fully saturated rings. The molecular weight excluding hydrogens is 391 g/mol. The van der Waals surface area contributed by atoms with E-state index in [1.54, 1.807) is 49.4 Å². The number of ether oxygens (including phenoxy) is 1. The first-order chi connectivity index (χ1) is 12.9. The molecule has 0 saturated heterocycles. The third kappa shape index (κ3) is 4.13. The number of carbonyl (C=O) groups excluding carboxylic acids is 2. The van der Waals surface area contributed by atoms with Gasteiger partial charge in [-0.25, -0.2) is 4.79 Å². The van der Waals surface area contributed by atoms with Gasteiger partial charge in [-0.15, -0.1) is 0 Å². The van der Waals surface area contributed by atoms with E-state index in [4.69, 9.17) is 32.5 Å². The molecule has 0 saturated carbocycles. The molecule has 27 heavy (non-hydrogen) atoms. The Balaban J connectivity index is 1.90. The number of nitrogens with one attached hydrogen (secondary N) is 1. The van der Waals surface area contributed by atoms with Gasteiger partial charge >= 0.3 is 5.97 Å². The number of carbonyl (C=O) groups is 2. The molecule has 0 spiro atoms. The minimum absolute atomic E-state index is 0.135. The van der Waals surface area contributed by atoms with Crippen LogP contribution in [0.4, 0.5) is 5.69 Å². The molecule has 0 aliphatic rings. The van der Waals surface area contributed by atoms with E-state index in [0.29, 0.717) is 27.0 Å². The molecule has 3 rings (SSSR count). The summed E-state index contributed by atoms with van der Waals surface area (Å²) in [5.74, 6) is -0.278. The summed E-state index contributed by atoms with van der Waals surface area (Å²) in [6.07, 6.45) is 0. The maximum Gasteiger partial charge on any atom is 0.349 e. The second-order valence-electron chi connectivity index (χ2n) is 5.65. The van der Waals surface area contributed by atoms with Crippen molar-refractivity contribution >= 4 is 40.8 Å². The van der Waals surface area contributed by atoms with Gasteiger partial charge in [-0.1, -0.05) is 34.4 Å². The molecule has 0 aliphatic carbocycles. The molecule has 0 unspecified atom stereocenters. The van der Waals surface area contributed by atoms with E-state index < -0.39 is 5.97 Å². The lowest BCUT2D eigenvalue weighted by Gasteiger charge is -2.08. The lowest BCUT2D eigenvalue weighted by Crippen LogP contribution is -2.11. The van der Waals surface area contributed by atoms with Crippen LogP contribution >= 0.6 is 23.2 Å². The quantitative estimate of drug-likeness (QED) is 0.481. The minimum atomic E-state index is -0.660. The van der Waals surface area contributed by atoms with Crippen LogP contribution in [0.25, 0.3) is 11.3 Å². The zero-order valence-corrected chi connectivity index (χ0v) is 15.9. The van der Waals surface area contributed by atoms with Crippen LogP contribution in [0.1, 0.15) is 23.0 Å². The Bertz CT molecular complexity index is 993. The summed E-state index contributed by atoms with van der Waals surface area (Å²) in [7, 11) is 0. The van der Waals surface area contributed by atoms with Gasteiger partial charge in [0.25, 0.3) is 0 Å². The van der Waals surface area contributed by atoms with Crippen molar-refractivity contribution in [3.63, 3.8) is 0 Å². The van der Waals surface area contributed by atoms with E-state index >= 15 is 0 Å². The number of hydrogen-bond acceptors (Lipinski definition) is 5. The average molecular weight is 405 g/mol. The van der Waals surface area contributed by atoms with Crippen molar-refractivity contribution in [2.45, 2.75) is 13.8 Å². The van der Waals surface area contributed by atoms with Crippen LogP contribution < -0.4 is 10.1 Å². The van der Waals surface area contributed by atoms with Gasteiger partial charge in [0.1, 0.15) is 22.8 Å². The minimum Gasteiger partial charge on any atom is -0.423 e. The van der Waals surface area contributed by atoms with Gasteiger partial charge in [0.2, 0.25) is 5.91 Å². The van der Waals surface area contributed by atoms with Crippen LogP contribution in [0.3, 0.4) is 0 Å². The second kappa shape index (κ2) is 7.82. The van der Waals surface area contributed by atoms with E-state index in [1.165, 1.54) is 6.92 Å². The van der Waals surface area contributed by atoms with Crippen molar-refractivity contribution in [1.82, 2.24) is 5.16 Å². The third-order valence-electron chi connectivity index (χ3n) is 3.65. The number of halogens is 2. The van der Waals surface area contributed by atoms with Gasteiger partial charge in [0, 0.05) is 18.2 Å². The Morgan fingerprint density at radius 1 is 1.07 bits per heavy atom. The zero-order valence-electron chi connectivity index (χ0n) is 14.4. The lowest BCUT2D eigenvalue weighted by atomic mass is 10.1. The summed E-state index contributed by atoms with van der Waals surface area (Å²) in [5, 5.41) is 7.23. The summed E-state index contributed by atoms with van der Waals surface area (Å²) < 4.78 is 10.6. The van der Waals surface area contributed by atoms with Crippen LogP contribution in [-0.4, -0.2) is 17.0 Å². The lowest BCUT2D eigenvalue weighted by molar-refractivity contribution is -0.114. The third-order valence-corrected chi connectivity index (χ3v) is 4.28. The largest absolute Gasteiger partial charge is 0.423 e. The van der Waals surface area contributed by atoms with Crippen LogP contribution in [-0.2, 0) is 4.79 Å². The normalized spacial score (nSPS) is 10.5. The van der Waals surface area contributed by atoms with Gasteiger partial charge in [0.15, 0.2) is 0 Å². The molecule has 1 heterocycles. The summed E-state index contributed by atoms with van der Waals surface area (Å²) >= 11 is 12.4. The van der Waals surface area contributed by atoms with E-state index in [-0.39, 0.29) is 22.9 Å². The fourth-order valence-electron chi connectivity index (χ4n) is 2.47. The molecule has 3 aromatic rings. The van der Waals surface area contributed by atoms with E-state index in [2.05, 4.69) is 10.5 Å². The molecule has 138 valence electrons. The first kappa shape index (κ1) is 18.9. The van der Waals surface area contributed by atoms with Gasteiger partial charge < -0.3 is 14.6 Å². The predicted octanol–water partition coefficient (Wildman–Crippen LogP) is 5.13. The maximum atomic E-state index is 12.7. The Morgan fingerprint density at radius 2 is 1.70 bits per heavy atom. The number of aryl methyl sites for hydroxylation is 1.